The van der Waals surface area contributed by atoms with Gasteiger partial charge in [0.05, 0.1) is 19.2 Å². The summed E-state index contributed by atoms with van der Waals surface area (Å²) >= 11 is 0. The average Bonchev–Trinajstić information content (AvgIpc) is 3.48. The molecule has 2 heterocycles. The number of pyridine rings is 1. The van der Waals surface area contributed by atoms with Crippen molar-refractivity contribution in [1.29, 1.82) is 0 Å². The van der Waals surface area contributed by atoms with Gasteiger partial charge in [0.25, 0.3) is 5.91 Å². The maximum atomic E-state index is 13.4. The van der Waals surface area contributed by atoms with Gasteiger partial charge in [0, 0.05) is 31.6 Å². The molecule has 0 bridgehead atoms. The van der Waals surface area contributed by atoms with Gasteiger partial charge in [-0.1, -0.05) is 13.0 Å². The van der Waals surface area contributed by atoms with Crippen LogP contribution in [0.3, 0.4) is 0 Å². The van der Waals surface area contributed by atoms with Gasteiger partial charge in [-0.15, -0.1) is 0 Å². The lowest BCUT2D eigenvalue weighted by Crippen LogP contribution is -2.50. The third-order valence-corrected chi connectivity index (χ3v) is 6.69. The standard InChI is InChI=1S/C24H33N3O4/c1-15-12-27(16(2)14-28)24(30)20-10-19(17-6-4-5-7-17)11-25-22(20)31-21(15)13-26(3)23(29)18-8-9-18/h6,10-11,15-16,18,21,28H,4-5,7-9,12-14H2,1-3H3/t15-,16+,21-/m1/s1. The Hall–Kier alpha value is -2.41. The van der Waals surface area contributed by atoms with Gasteiger partial charge in [0.15, 0.2) is 0 Å². The number of amides is 2. The van der Waals surface area contributed by atoms with Crippen LogP contribution in [-0.4, -0.2) is 70.6 Å². The van der Waals surface area contributed by atoms with Crippen LogP contribution in [0.5, 0.6) is 5.88 Å². The van der Waals surface area contributed by atoms with Gasteiger partial charge in [-0.3, -0.25) is 9.59 Å². The molecule has 1 fully saturated rings. The third kappa shape index (κ3) is 4.61. The smallest absolute Gasteiger partial charge is 0.259 e. The summed E-state index contributed by atoms with van der Waals surface area (Å²) in [4.78, 5) is 34.0. The van der Waals surface area contributed by atoms with Crippen molar-refractivity contribution in [3.63, 3.8) is 0 Å². The van der Waals surface area contributed by atoms with Gasteiger partial charge in [-0.2, -0.15) is 0 Å². The molecule has 0 unspecified atom stereocenters. The van der Waals surface area contributed by atoms with Gasteiger partial charge < -0.3 is 19.6 Å². The maximum Gasteiger partial charge on any atom is 0.259 e. The Kier molecular flexibility index (Phi) is 6.32. The van der Waals surface area contributed by atoms with Crippen LogP contribution in [0, 0.1) is 11.8 Å². The maximum absolute atomic E-state index is 13.4. The molecule has 1 aromatic rings. The molecule has 3 aliphatic rings. The Morgan fingerprint density at radius 3 is 2.84 bits per heavy atom. The van der Waals surface area contributed by atoms with E-state index in [1.54, 1.807) is 16.0 Å². The lowest BCUT2D eigenvalue weighted by atomic mass is 9.99. The van der Waals surface area contributed by atoms with E-state index < -0.39 is 0 Å². The highest BCUT2D eigenvalue weighted by molar-refractivity contribution is 5.97. The number of aromatic nitrogens is 1. The topological polar surface area (TPSA) is 83.0 Å². The quantitative estimate of drug-likeness (QED) is 0.755. The second-order valence-corrected chi connectivity index (χ2v) is 9.31. The number of aliphatic hydroxyl groups excluding tert-OH is 1. The molecule has 0 saturated heterocycles. The van der Waals surface area contributed by atoms with E-state index in [1.165, 1.54) is 5.57 Å². The lowest BCUT2D eigenvalue weighted by Gasteiger charge is -2.37. The summed E-state index contributed by atoms with van der Waals surface area (Å²) in [5.74, 6) is 0.420. The molecule has 1 saturated carbocycles. The highest BCUT2D eigenvalue weighted by Crippen LogP contribution is 2.33. The molecule has 0 radical (unpaired) electrons. The van der Waals surface area contributed by atoms with Gasteiger partial charge in [0.2, 0.25) is 11.8 Å². The Labute approximate surface area is 184 Å². The van der Waals surface area contributed by atoms with Crippen LogP contribution in [0.4, 0.5) is 0 Å². The molecule has 2 aliphatic carbocycles. The first kappa shape index (κ1) is 21.8. The van der Waals surface area contributed by atoms with E-state index in [1.807, 2.05) is 27.0 Å². The van der Waals surface area contributed by atoms with E-state index in [-0.39, 0.29) is 42.4 Å². The van der Waals surface area contributed by atoms with Crippen molar-refractivity contribution in [3.8, 4) is 5.88 Å². The minimum absolute atomic E-state index is 0.0282. The summed E-state index contributed by atoms with van der Waals surface area (Å²) < 4.78 is 6.29. The summed E-state index contributed by atoms with van der Waals surface area (Å²) in [7, 11) is 1.82. The molecule has 4 rings (SSSR count). The number of hydrogen-bond donors (Lipinski definition) is 1. The number of allylic oxidation sites excluding steroid dienone is 2. The molecule has 3 atom stereocenters. The first-order valence-corrected chi connectivity index (χ1v) is 11.4. The van der Waals surface area contributed by atoms with Crippen molar-refractivity contribution < 1.29 is 19.4 Å². The minimum Gasteiger partial charge on any atom is -0.472 e. The third-order valence-electron chi connectivity index (χ3n) is 6.69. The summed E-state index contributed by atoms with van der Waals surface area (Å²) in [6.45, 7) is 4.65. The Morgan fingerprint density at radius 2 is 2.19 bits per heavy atom. The zero-order chi connectivity index (χ0) is 22.1. The number of aliphatic hydroxyl groups is 1. The number of carbonyl (C=O) groups is 2. The minimum atomic E-state index is -0.318. The number of rotatable bonds is 6. The second kappa shape index (κ2) is 8.99. The highest BCUT2D eigenvalue weighted by atomic mass is 16.5. The Morgan fingerprint density at radius 1 is 1.42 bits per heavy atom. The van der Waals surface area contributed by atoms with E-state index in [9.17, 15) is 14.7 Å². The fourth-order valence-corrected chi connectivity index (χ4v) is 4.43. The molecule has 1 aliphatic heterocycles. The van der Waals surface area contributed by atoms with Crippen LogP contribution < -0.4 is 4.74 Å². The van der Waals surface area contributed by atoms with Crippen molar-refractivity contribution in [2.24, 2.45) is 11.8 Å². The fraction of sp³-hybridized carbons (Fsp3) is 0.625. The van der Waals surface area contributed by atoms with E-state index in [0.717, 1.165) is 37.7 Å². The van der Waals surface area contributed by atoms with Crippen LogP contribution in [0.2, 0.25) is 0 Å². The average molecular weight is 428 g/mol. The van der Waals surface area contributed by atoms with Crippen molar-refractivity contribution >= 4 is 17.4 Å². The van der Waals surface area contributed by atoms with Crippen molar-refractivity contribution in [3.05, 3.63) is 29.5 Å². The second-order valence-electron chi connectivity index (χ2n) is 9.31. The molecule has 2 amide bonds. The molecule has 7 heteroatoms. The molecular formula is C24H33N3O4. The lowest BCUT2D eigenvalue weighted by molar-refractivity contribution is -0.132. The van der Waals surface area contributed by atoms with E-state index >= 15 is 0 Å². The molecule has 0 aromatic carbocycles. The van der Waals surface area contributed by atoms with Gasteiger partial charge in [0.1, 0.15) is 11.7 Å². The Balaban J connectivity index is 1.66. The predicted octanol–water partition coefficient (Wildman–Crippen LogP) is 2.74. The largest absolute Gasteiger partial charge is 0.472 e. The number of nitrogens with zero attached hydrogens (tertiary/aromatic N) is 3. The highest BCUT2D eigenvalue weighted by Gasteiger charge is 2.37. The van der Waals surface area contributed by atoms with Crippen molar-refractivity contribution in [2.45, 2.75) is 58.1 Å². The summed E-state index contributed by atoms with van der Waals surface area (Å²) in [5.41, 5.74) is 2.60. The fourth-order valence-electron chi connectivity index (χ4n) is 4.43. The predicted molar refractivity (Wildman–Crippen MR) is 118 cm³/mol. The number of fused-ring (bicyclic) bond motifs is 1. The summed E-state index contributed by atoms with van der Waals surface area (Å²) in [6.07, 6.45) is 8.77. The molecule has 168 valence electrons. The van der Waals surface area contributed by atoms with E-state index in [4.69, 9.17) is 4.74 Å². The number of ether oxygens (including phenoxy) is 1. The van der Waals surface area contributed by atoms with Crippen LogP contribution in [0.1, 0.15) is 61.9 Å². The Bertz CT molecular complexity index is 880. The number of likely N-dealkylation sites (N-methyl/N-ethyl adjacent to an activating group) is 1. The van der Waals surface area contributed by atoms with Crippen LogP contribution in [-0.2, 0) is 4.79 Å². The normalized spacial score (nSPS) is 24.6. The van der Waals surface area contributed by atoms with E-state index in [0.29, 0.717) is 24.5 Å². The molecular weight excluding hydrogens is 394 g/mol. The molecule has 0 spiro atoms. The van der Waals surface area contributed by atoms with Crippen LogP contribution >= 0.6 is 0 Å². The van der Waals surface area contributed by atoms with Gasteiger partial charge in [-0.25, -0.2) is 4.98 Å². The monoisotopic (exact) mass is 427 g/mol. The summed E-state index contributed by atoms with van der Waals surface area (Å²) in [5, 5.41) is 9.78. The van der Waals surface area contributed by atoms with Gasteiger partial charge >= 0.3 is 0 Å². The zero-order valence-corrected chi connectivity index (χ0v) is 18.7. The number of carbonyl (C=O) groups excluding carboxylic acids is 2. The van der Waals surface area contributed by atoms with Crippen molar-refractivity contribution in [1.82, 2.24) is 14.8 Å². The number of hydrogen-bond acceptors (Lipinski definition) is 5. The van der Waals surface area contributed by atoms with Crippen LogP contribution in [0.15, 0.2) is 18.3 Å². The van der Waals surface area contributed by atoms with Crippen molar-refractivity contribution in [2.75, 3.05) is 26.7 Å². The molecule has 7 nitrogen and oxygen atoms in total. The summed E-state index contributed by atoms with van der Waals surface area (Å²) in [6, 6.07) is 1.56. The molecule has 1 N–H and O–H groups in total. The van der Waals surface area contributed by atoms with Crippen LogP contribution in [0.25, 0.3) is 5.57 Å². The van der Waals surface area contributed by atoms with Gasteiger partial charge in [-0.05, 0) is 56.2 Å². The first-order valence-electron chi connectivity index (χ1n) is 11.4. The zero-order valence-electron chi connectivity index (χ0n) is 18.7. The first-order chi connectivity index (χ1) is 14.9. The molecule has 31 heavy (non-hydrogen) atoms. The molecule has 1 aromatic heterocycles. The van der Waals surface area contributed by atoms with E-state index in [2.05, 4.69) is 11.1 Å². The SMILES string of the molecule is C[C@@H]1CN([C@@H](C)CO)C(=O)c2cc(C3=CCCC3)cnc2O[C@@H]1CN(C)C(=O)C1CC1.